The van der Waals surface area contributed by atoms with Crippen molar-refractivity contribution in [2.75, 3.05) is 0 Å². The summed E-state index contributed by atoms with van der Waals surface area (Å²) in [5, 5.41) is 3.68. The highest BCUT2D eigenvalue weighted by atomic mass is 32.2. The SMILES string of the molecule is c1ccc(-c2cccc(-c3nc(-c4cccc(-c5ccccc5)c4)nc(-c4ccccc4-n4c5ccccc5c5c6cccc7c6n(c54)-c4ccccc4S7)n3)c2)cc1. The maximum Gasteiger partial charge on any atom is 0.166 e. The molecular formula is C53H33N5S. The van der Waals surface area contributed by atoms with E-state index in [1.807, 2.05) is 23.9 Å². The Kier molecular flexibility index (Phi) is 7.71. The first-order valence-corrected chi connectivity index (χ1v) is 20.6. The molecule has 4 heterocycles. The number of hydrogen-bond donors (Lipinski definition) is 0. The maximum atomic E-state index is 5.35. The maximum absolute atomic E-state index is 5.35. The Morgan fingerprint density at radius 3 is 1.58 bits per heavy atom. The average molecular weight is 772 g/mol. The lowest BCUT2D eigenvalue weighted by atomic mass is 10.0. The lowest BCUT2D eigenvalue weighted by molar-refractivity contribution is 1.02. The first-order chi connectivity index (χ1) is 29.3. The molecule has 0 aliphatic carbocycles. The van der Waals surface area contributed by atoms with Crippen molar-refractivity contribution < 1.29 is 0 Å². The lowest BCUT2D eigenvalue weighted by Gasteiger charge is -2.21. The van der Waals surface area contributed by atoms with E-state index in [4.69, 9.17) is 15.0 Å². The van der Waals surface area contributed by atoms with Crippen LogP contribution in [0, 0.1) is 0 Å². The largest absolute Gasteiger partial charge is 0.294 e. The van der Waals surface area contributed by atoms with E-state index in [-0.39, 0.29) is 0 Å². The van der Waals surface area contributed by atoms with Crippen molar-refractivity contribution in [2.45, 2.75) is 9.79 Å². The molecule has 3 aromatic heterocycles. The highest BCUT2D eigenvalue weighted by Gasteiger charge is 2.28. The number of nitrogens with zero attached hydrogens (tertiary/aromatic N) is 5. The summed E-state index contributed by atoms with van der Waals surface area (Å²) in [6.07, 6.45) is 0. The fraction of sp³-hybridized carbons (Fsp3) is 0. The Morgan fingerprint density at radius 1 is 0.356 bits per heavy atom. The Bertz CT molecular complexity index is 3320. The van der Waals surface area contributed by atoms with Gasteiger partial charge in [-0.3, -0.25) is 9.13 Å². The van der Waals surface area contributed by atoms with Crippen LogP contribution in [0.4, 0.5) is 0 Å². The van der Waals surface area contributed by atoms with E-state index in [1.54, 1.807) is 0 Å². The number of hydrogen-bond acceptors (Lipinski definition) is 4. The molecule has 0 saturated heterocycles. The van der Waals surface area contributed by atoms with Crippen molar-refractivity contribution in [1.82, 2.24) is 24.1 Å². The molecule has 8 aromatic carbocycles. The van der Waals surface area contributed by atoms with Crippen LogP contribution in [0.5, 0.6) is 0 Å². The molecule has 12 rings (SSSR count). The minimum atomic E-state index is 0.605. The van der Waals surface area contributed by atoms with Crippen molar-refractivity contribution >= 4 is 44.6 Å². The van der Waals surface area contributed by atoms with Gasteiger partial charge in [0.05, 0.1) is 22.4 Å². The average Bonchev–Trinajstić information content (AvgIpc) is 3.84. The molecule has 0 atom stereocenters. The second kappa shape index (κ2) is 13.5. The number of benzene rings is 8. The predicted molar refractivity (Wildman–Crippen MR) is 242 cm³/mol. The summed E-state index contributed by atoms with van der Waals surface area (Å²) >= 11 is 1.84. The molecule has 1 aliphatic rings. The molecule has 6 heteroatoms. The van der Waals surface area contributed by atoms with E-state index in [2.05, 4.69) is 197 Å². The van der Waals surface area contributed by atoms with Gasteiger partial charge in [-0.25, -0.2) is 15.0 Å². The van der Waals surface area contributed by atoms with Crippen molar-refractivity contribution in [3.8, 4) is 67.8 Å². The Labute approximate surface area is 344 Å². The molecule has 0 fully saturated rings. The lowest BCUT2D eigenvalue weighted by Crippen LogP contribution is -2.07. The van der Waals surface area contributed by atoms with E-state index in [1.165, 1.54) is 37.2 Å². The summed E-state index contributed by atoms with van der Waals surface area (Å²) in [5.41, 5.74) is 12.9. The molecule has 276 valence electrons. The number of aromatic nitrogens is 5. The van der Waals surface area contributed by atoms with Crippen LogP contribution in [0.3, 0.4) is 0 Å². The molecule has 0 spiro atoms. The third-order valence-electron chi connectivity index (χ3n) is 11.4. The zero-order chi connectivity index (χ0) is 38.9. The van der Waals surface area contributed by atoms with Gasteiger partial charge in [-0.2, -0.15) is 0 Å². The van der Waals surface area contributed by atoms with Crippen molar-refractivity contribution in [3.05, 3.63) is 200 Å². The second-order valence-corrected chi connectivity index (χ2v) is 15.9. The molecule has 0 unspecified atom stereocenters. The summed E-state index contributed by atoms with van der Waals surface area (Å²) < 4.78 is 4.89. The molecule has 5 nitrogen and oxygen atoms in total. The van der Waals surface area contributed by atoms with Crippen LogP contribution in [-0.2, 0) is 0 Å². The molecule has 0 amide bonds. The van der Waals surface area contributed by atoms with Gasteiger partial charge in [-0.15, -0.1) is 0 Å². The normalized spacial score (nSPS) is 12.0. The van der Waals surface area contributed by atoms with Crippen molar-refractivity contribution in [1.29, 1.82) is 0 Å². The number of rotatable bonds is 6. The molecular weight excluding hydrogens is 739 g/mol. The summed E-state index contributed by atoms with van der Waals surface area (Å²) in [5.74, 6) is 1.84. The minimum Gasteiger partial charge on any atom is -0.294 e. The Hall–Kier alpha value is -7.54. The predicted octanol–water partition coefficient (Wildman–Crippen LogP) is 13.7. The second-order valence-electron chi connectivity index (χ2n) is 14.8. The topological polar surface area (TPSA) is 48.5 Å². The van der Waals surface area contributed by atoms with E-state index in [0.29, 0.717) is 17.5 Å². The monoisotopic (exact) mass is 771 g/mol. The molecule has 11 aromatic rings. The van der Waals surface area contributed by atoms with Crippen LogP contribution >= 0.6 is 11.8 Å². The molecule has 0 bridgehead atoms. The molecule has 0 saturated carbocycles. The smallest absolute Gasteiger partial charge is 0.166 e. The van der Waals surface area contributed by atoms with Gasteiger partial charge in [0, 0.05) is 42.6 Å². The minimum absolute atomic E-state index is 0.605. The Morgan fingerprint density at radius 2 is 0.864 bits per heavy atom. The van der Waals surface area contributed by atoms with Gasteiger partial charge < -0.3 is 0 Å². The first kappa shape index (κ1) is 33.6. The molecule has 0 radical (unpaired) electrons. The molecule has 59 heavy (non-hydrogen) atoms. The van der Waals surface area contributed by atoms with E-state index >= 15 is 0 Å². The number of fused-ring (bicyclic) bond motifs is 7. The van der Waals surface area contributed by atoms with Crippen molar-refractivity contribution in [2.24, 2.45) is 0 Å². The van der Waals surface area contributed by atoms with Crippen LogP contribution in [0.1, 0.15) is 0 Å². The quantitative estimate of drug-likeness (QED) is 0.169. The van der Waals surface area contributed by atoms with Gasteiger partial charge in [-0.1, -0.05) is 163 Å². The third kappa shape index (κ3) is 5.45. The summed E-state index contributed by atoms with van der Waals surface area (Å²) in [6.45, 7) is 0. The number of para-hydroxylation sites is 4. The van der Waals surface area contributed by atoms with Gasteiger partial charge in [-0.05, 0) is 70.8 Å². The van der Waals surface area contributed by atoms with Crippen LogP contribution < -0.4 is 0 Å². The zero-order valence-corrected chi connectivity index (χ0v) is 32.5. The fourth-order valence-electron chi connectivity index (χ4n) is 8.72. The van der Waals surface area contributed by atoms with Gasteiger partial charge in [0.15, 0.2) is 17.5 Å². The first-order valence-electron chi connectivity index (χ1n) is 19.8. The van der Waals surface area contributed by atoms with Gasteiger partial charge in [0.25, 0.3) is 0 Å². The summed E-state index contributed by atoms with van der Waals surface area (Å²) in [7, 11) is 0. The highest BCUT2D eigenvalue weighted by Crippen LogP contribution is 2.50. The van der Waals surface area contributed by atoms with E-state index in [0.717, 1.165) is 55.8 Å². The van der Waals surface area contributed by atoms with Crippen LogP contribution in [-0.4, -0.2) is 24.1 Å². The van der Waals surface area contributed by atoms with Crippen LogP contribution in [0.2, 0.25) is 0 Å². The van der Waals surface area contributed by atoms with Gasteiger partial charge >= 0.3 is 0 Å². The third-order valence-corrected chi connectivity index (χ3v) is 12.5. The standard InChI is InChI=1S/C53H33N5S/c1-3-16-34(17-4-1)36-20-13-22-38(32-36)50-54-51(39-23-14-21-37(33-39)35-18-5-2-6-19-35)56-52(55-50)41-25-8-10-28-44(41)57-43-27-9-7-24-40(43)48-42-26-15-31-47-49(42)58(53(48)57)45-29-11-12-30-46(45)59-47/h1-33H. The van der Waals surface area contributed by atoms with Crippen molar-refractivity contribution in [3.63, 3.8) is 0 Å². The molecule has 0 N–H and O–H groups in total. The summed E-state index contributed by atoms with van der Waals surface area (Å²) in [4.78, 5) is 18.4. The van der Waals surface area contributed by atoms with Crippen LogP contribution in [0.25, 0.3) is 101 Å². The van der Waals surface area contributed by atoms with Crippen LogP contribution in [0.15, 0.2) is 210 Å². The Balaban J connectivity index is 1.13. The van der Waals surface area contributed by atoms with E-state index in [9.17, 15) is 0 Å². The van der Waals surface area contributed by atoms with E-state index < -0.39 is 0 Å². The van der Waals surface area contributed by atoms with Gasteiger partial charge in [0.2, 0.25) is 0 Å². The fourth-order valence-corrected chi connectivity index (χ4v) is 9.81. The van der Waals surface area contributed by atoms with Gasteiger partial charge in [0.1, 0.15) is 5.65 Å². The molecule has 1 aliphatic heterocycles. The highest BCUT2D eigenvalue weighted by molar-refractivity contribution is 7.99. The zero-order valence-electron chi connectivity index (χ0n) is 31.7. The summed E-state index contributed by atoms with van der Waals surface area (Å²) in [6, 6.07) is 70.6.